The minimum Gasteiger partial charge on any atom is -0.464 e. The number of aryl methyl sites for hydroxylation is 1. The van der Waals surface area contributed by atoms with E-state index in [2.05, 4.69) is 20.3 Å². The minimum absolute atomic E-state index is 0.187. The summed E-state index contributed by atoms with van der Waals surface area (Å²) < 4.78 is 5.50. The SMILES string of the molecule is CNc1nc(N)nc(N(C)Cc2ccc(C)o2)n1. The molecule has 2 aromatic rings. The molecule has 0 spiro atoms. The highest BCUT2D eigenvalue weighted by atomic mass is 16.3. The third kappa shape index (κ3) is 2.68. The Labute approximate surface area is 105 Å². The lowest BCUT2D eigenvalue weighted by molar-refractivity contribution is 0.480. The molecule has 2 aromatic heterocycles. The number of aromatic nitrogens is 3. The van der Waals surface area contributed by atoms with Crippen molar-refractivity contribution in [3.05, 3.63) is 23.7 Å². The topological polar surface area (TPSA) is 93.1 Å². The van der Waals surface area contributed by atoms with Crippen molar-refractivity contribution in [2.75, 3.05) is 30.0 Å². The fraction of sp³-hybridized carbons (Fsp3) is 0.364. The number of hydrogen-bond acceptors (Lipinski definition) is 7. The molecule has 0 saturated heterocycles. The first-order valence-corrected chi connectivity index (χ1v) is 5.54. The van der Waals surface area contributed by atoms with E-state index in [4.69, 9.17) is 10.2 Å². The molecule has 0 unspecified atom stereocenters. The van der Waals surface area contributed by atoms with Gasteiger partial charge in [-0.2, -0.15) is 15.0 Å². The second-order valence-electron chi connectivity index (χ2n) is 3.94. The summed E-state index contributed by atoms with van der Waals surface area (Å²) in [5.74, 6) is 2.86. The number of nitrogens with two attached hydrogens (primary N) is 1. The lowest BCUT2D eigenvalue weighted by Gasteiger charge is -2.16. The minimum atomic E-state index is 0.187. The van der Waals surface area contributed by atoms with Gasteiger partial charge < -0.3 is 20.4 Å². The highest BCUT2D eigenvalue weighted by Gasteiger charge is 2.10. The zero-order valence-electron chi connectivity index (χ0n) is 10.6. The van der Waals surface area contributed by atoms with E-state index in [9.17, 15) is 0 Å². The van der Waals surface area contributed by atoms with Gasteiger partial charge in [-0.3, -0.25) is 0 Å². The Hall–Kier alpha value is -2.31. The molecule has 0 fully saturated rings. The van der Waals surface area contributed by atoms with Crippen molar-refractivity contribution in [1.82, 2.24) is 15.0 Å². The summed E-state index contributed by atoms with van der Waals surface area (Å²) in [5.41, 5.74) is 5.62. The van der Waals surface area contributed by atoms with Crippen molar-refractivity contribution in [3.8, 4) is 0 Å². The molecule has 7 nitrogen and oxygen atoms in total. The van der Waals surface area contributed by atoms with Gasteiger partial charge in [0.25, 0.3) is 0 Å². The molecule has 2 rings (SSSR count). The predicted molar refractivity (Wildman–Crippen MR) is 69.3 cm³/mol. The molecule has 3 N–H and O–H groups in total. The van der Waals surface area contributed by atoms with Crippen molar-refractivity contribution in [3.63, 3.8) is 0 Å². The van der Waals surface area contributed by atoms with Gasteiger partial charge in [0.1, 0.15) is 11.5 Å². The Bertz CT molecular complexity index is 538. The van der Waals surface area contributed by atoms with Crippen LogP contribution < -0.4 is 16.0 Å². The first-order chi connectivity index (χ1) is 8.58. The Morgan fingerprint density at radius 3 is 2.72 bits per heavy atom. The summed E-state index contributed by atoms with van der Waals surface area (Å²) in [6.45, 7) is 2.48. The zero-order valence-corrected chi connectivity index (χ0v) is 10.6. The van der Waals surface area contributed by atoms with E-state index in [0.717, 1.165) is 11.5 Å². The molecule has 0 aliphatic heterocycles. The quantitative estimate of drug-likeness (QED) is 0.834. The van der Waals surface area contributed by atoms with E-state index in [1.807, 2.05) is 31.0 Å². The van der Waals surface area contributed by atoms with Crippen LogP contribution in [0.5, 0.6) is 0 Å². The molecule has 0 aliphatic rings. The van der Waals surface area contributed by atoms with Crippen LogP contribution in [-0.2, 0) is 6.54 Å². The lowest BCUT2D eigenvalue weighted by Crippen LogP contribution is -2.20. The van der Waals surface area contributed by atoms with E-state index in [-0.39, 0.29) is 5.95 Å². The fourth-order valence-electron chi connectivity index (χ4n) is 1.54. The summed E-state index contributed by atoms with van der Waals surface area (Å²) >= 11 is 0. The molecule has 0 aliphatic carbocycles. The van der Waals surface area contributed by atoms with Crippen LogP contribution in [-0.4, -0.2) is 29.0 Å². The highest BCUT2D eigenvalue weighted by Crippen LogP contribution is 2.14. The van der Waals surface area contributed by atoms with Gasteiger partial charge in [0.15, 0.2) is 0 Å². The van der Waals surface area contributed by atoms with Crippen LogP contribution >= 0.6 is 0 Å². The average molecular weight is 248 g/mol. The molecule has 0 atom stereocenters. The van der Waals surface area contributed by atoms with Crippen LogP contribution in [0.1, 0.15) is 11.5 Å². The third-order valence-electron chi connectivity index (χ3n) is 2.39. The van der Waals surface area contributed by atoms with Gasteiger partial charge >= 0.3 is 0 Å². The van der Waals surface area contributed by atoms with Crippen molar-refractivity contribution < 1.29 is 4.42 Å². The predicted octanol–water partition coefficient (Wildman–Crippen LogP) is 1.03. The van der Waals surface area contributed by atoms with Gasteiger partial charge in [0.05, 0.1) is 6.54 Å². The zero-order chi connectivity index (χ0) is 13.1. The maximum Gasteiger partial charge on any atom is 0.232 e. The number of hydrogen-bond donors (Lipinski definition) is 2. The Morgan fingerprint density at radius 2 is 2.11 bits per heavy atom. The maximum absolute atomic E-state index is 5.62. The smallest absolute Gasteiger partial charge is 0.232 e. The van der Waals surface area contributed by atoms with E-state index in [1.54, 1.807) is 7.05 Å². The third-order valence-corrected chi connectivity index (χ3v) is 2.39. The van der Waals surface area contributed by atoms with Gasteiger partial charge in [-0.25, -0.2) is 0 Å². The summed E-state index contributed by atoms with van der Waals surface area (Å²) in [4.78, 5) is 14.1. The van der Waals surface area contributed by atoms with Crippen LogP contribution in [0.2, 0.25) is 0 Å². The Balaban J connectivity index is 2.17. The molecular weight excluding hydrogens is 232 g/mol. The molecule has 18 heavy (non-hydrogen) atoms. The molecule has 7 heteroatoms. The molecule has 2 heterocycles. The number of nitrogen functional groups attached to an aromatic ring is 1. The van der Waals surface area contributed by atoms with Crippen molar-refractivity contribution in [2.24, 2.45) is 0 Å². The largest absolute Gasteiger partial charge is 0.464 e. The molecule has 0 aromatic carbocycles. The van der Waals surface area contributed by atoms with Crippen molar-refractivity contribution >= 4 is 17.8 Å². The molecule has 0 amide bonds. The fourth-order valence-corrected chi connectivity index (χ4v) is 1.54. The molecule has 0 saturated carbocycles. The number of anilines is 3. The Kier molecular flexibility index (Phi) is 3.31. The average Bonchev–Trinajstić information content (AvgIpc) is 2.73. The number of nitrogens with one attached hydrogen (secondary N) is 1. The normalized spacial score (nSPS) is 10.4. The number of furan rings is 1. The summed E-state index contributed by atoms with van der Waals surface area (Å²) in [7, 11) is 3.60. The first-order valence-electron chi connectivity index (χ1n) is 5.54. The van der Waals surface area contributed by atoms with Crippen LogP contribution in [0.4, 0.5) is 17.8 Å². The lowest BCUT2D eigenvalue weighted by atomic mass is 10.4. The molecule has 0 bridgehead atoms. The molecule has 96 valence electrons. The number of nitrogens with zero attached hydrogens (tertiary/aromatic N) is 4. The standard InChI is InChI=1S/C11H16N6O/c1-7-4-5-8(18-7)6-17(3)11-15-9(12)14-10(13-2)16-11/h4-5H,6H2,1-3H3,(H3,12,13,14,15,16). The monoisotopic (exact) mass is 248 g/mol. The summed E-state index contributed by atoms with van der Waals surface area (Å²) in [6, 6.07) is 3.85. The van der Waals surface area contributed by atoms with E-state index < -0.39 is 0 Å². The van der Waals surface area contributed by atoms with Gasteiger partial charge in [0.2, 0.25) is 17.8 Å². The van der Waals surface area contributed by atoms with Gasteiger partial charge in [-0.15, -0.1) is 0 Å². The van der Waals surface area contributed by atoms with E-state index >= 15 is 0 Å². The van der Waals surface area contributed by atoms with E-state index in [1.165, 1.54) is 0 Å². The van der Waals surface area contributed by atoms with Crippen molar-refractivity contribution in [2.45, 2.75) is 13.5 Å². The molecular formula is C11H16N6O. The molecule has 0 radical (unpaired) electrons. The van der Waals surface area contributed by atoms with Crippen LogP contribution in [0.25, 0.3) is 0 Å². The van der Waals surface area contributed by atoms with E-state index in [0.29, 0.717) is 18.4 Å². The highest BCUT2D eigenvalue weighted by molar-refractivity contribution is 5.41. The first kappa shape index (κ1) is 12.2. The van der Waals surface area contributed by atoms with Crippen molar-refractivity contribution in [1.29, 1.82) is 0 Å². The van der Waals surface area contributed by atoms with Gasteiger partial charge in [-0.1, -0.05) is 0 Å². The number of rotatable bonds is 4. The second kappa shape index (κ2) is 4.91. The summed E-state index contributed by atoms with van der Waals surface area (Å²) in [5, 5.41) is 2.84. The van der Waals surface area contributed by atoms with Crippen LogP contribution in [0, 0.1) is 6.92 Å². The van der Waals surface area contributed by atoms with Crippen LogP contribution in [0.3, 0.4) is 0 Å². The van der Waals surface area contributed by atoms with Crippen LogP contribution in [0.15, 0.2) is 16.5 Å². The summed E-state index contributed by atoms with van der Waals surface area (Å²) in [6.07, 6.45) is 0. The van der Waals surface area contributed by atoms with Gasteiger partial charge in [-0.05, 0) is 19.1 Å². The maximum atomic E-state index is 5.62. The second-order valence-corrected chi connectivity index (χ2v) is 3.94. The van der Waals surface area contributed by atoms with Gasteiger partial charge in [0, 0.05) is 14.1 Å². The Morgan fingerprint density at radius 1 is 1.33 bits per heavy atom.